The summed E-state index contributed by atoms with van der Waals surface area (Å²) in [4.78, 5) is 0. The molecule has 0 spiro atoms. The summed E-state index contributed by atoms with van der Waals surface area (Å²) in [7, 11) is 0. The largest absolute Gasteiger partial charge is 0.0587 e. The molecule has 0 bridgehead atoms. The molecule has 0 saturated carbocycles. The summed E-state index contributed by atoms with van der Waals surface area (Å²) >= 11 is 6.79. The van der Waals surface area contributed by atoms with E-state index in [4.69, 9.17) is 0 Å². The van der Waals surface area contributed by atoms with Crippen LogP contribution < -0.4 is 0 Å². The van der Waals surface area contributed by atoms with Crippen LogP contribution in [-0.4, -0.2) is 0 Å². The molecular formula is C9H9Br2. The highest BCUT2D eigenvalue weighted by molar-refractivity contribution is 9.11. The first-order valence-corrected chi connectivity index (χ1v) is 5.06. The zero-order valence-corrected chi connectivity index (χ0v) is 9.66. The zero-order valence-electron chi connectivity index (χ0n) is 6.49. The number of benzene rings is 1. The van der Waals surface area contributed by atoms with Gasteiger partial charge < -0.3 is 0 Å². The zero-order chi connectivity index (χ0) is 8.43. The molecule has 59 valence electrons. The fraction of sp³-hybridized carbons (Fsp3) is 0.333. The van der Waals surface area contributed by atoms with Crippen molar-refractivity contribution in [3.63, 3.8) is 0 Å². The minimum atomic E-state index is 0.567. The van der Waals surface area contributed by atoms with Gasteiger partial charge in [-0.2, -0.15) is 0 Å². The van der Waals surface area contributed by atoms with Gasteiger partial charge in [-0.1, -0.05) is 45.7 Å². The highest BCUT2D eigenvalue weighted by atomic mass is 79.9. The van der Waals surface area contributed by atoms with Gasteiger partial charge in [0.05, 0.1) is 0 Å². The van der Waals surface area contributed by atoms with Gasteiger partial charge in [0.15, 0.2) is 0 Å². The maximum atomic E-state index is 3.40. The molecule has 0 atom stereocenters. The molecular weight excluding hydrogens is 268 g/mol. The van der Waals surface area contributed by atoms with Crippen LogP contribution in [0.15, 0.2) is 21.1 Å². The van der Waals surface area contributed by atoms with E-state index in [2.05, 4.69) is 63.9 Å². The van der Waals surface area contributed by atoms with Crippen molar-refractivity contribution in [1.29, 1.82) is 0 Å². The number of hydrogen-bond acceptors (Lipinski definition) is 0. The van der Waals surface area contributed by atoms with Crippen LogP contribution in [-0.2, 0) is 0 Å². The molecule has 0 amide bonds. The van der Waals surface area contributed by atoms with Crippen LogP contribution in [0, 0.1) is 6.07 Å². The minimum Gasteiger partial charge on any atom is -0.0587 e. The summed E-state index contributed by atoms with van der Waals surface area (Å²) in [5.41, 5.74) is 1.32. The molecule has 1 aromatic rings. The van der Waals surface area contributed by atoms with Gasteiger partial charge in [-0.15, -0.1) is 0 Å². The summed E-state index contributed by atoms with van der Waals surface area (Å²) in [6, 6.07) is 7.28. The monoisotopic (exact) mass is 275 g/mol. The third-order valence-corrected chi connectivity index (χ3v) is 2.35. The van der Waals surface area contributed by atoms with E-state index in [1.54, 1.807) is 0 Å². The van der Waals surface area contributed by atoms with E-state index in [0.29, 0.717) is 5.92 Å². The van der Waals surface area contributed by atoms with Crippen molar-refractivity contribution in [3.8, 4) is 0 Å². The molecule has 0 nitrogen and oxygen atoms in total. The fourth-order valence-corrected chi connectivity index (χ4v) is 2.08. The molecule has 1 aromatic carbocycles. The average Bonchev–Trinajstić information content (AvgIpc) is 1.85. The summed E-state index contributed by atoms with van der Waals surface area (Å²) in [5.74, 6) is 0.567. The van der Waals surface area contributed by atoms with E-state index < -0.39 is 0 Å². The predicted octanol–water partition coefficient (Wildman–Crippen LogP) is 4.14. The third-order valence-electron chi connectivity index (χ3n) is 1.49. The predicted molar refractivity (Wildman–Crippen MR) is 54.8 cm³/mol. The molecule has 0 aliphatic carbocycles. The molecule has 0 heterocycles. The highest BCUT2D eigenvalue weighted by Gasteiger charge is 2.01. The quantitative estimate of drug-likeness (QED) is 0.723. The maximum Gasteiger partial charge on any atom is 0.0268 e. The second-order valence-corrected chi connectivity index (χ2v) is 4.47. The molecule has 0 aliphatic heterocycles. The Morgan fingerprint density at radius 2 is 1.64 bits per heavy atom. The first-order chi connectivity index (χ1) is 5.09. The van der Waals surface area contributed by atoms with E-state index in [1.165, 1.54) is 5.56 Å². The second-order valence-electron chi connectivity index (χ2n) is 2.76. The van der Waals surface area contributed by atoms with Crippen LogP contribution in [0.25, 0.3) is 0 Å². The molecule has 0 fully saturated rings. The molecule has 0 saturated heterocycles. The van der Waals surface area contributed by atoms with Crippen molar-refractivity contribution in [3.05, 3.63) is 32.7 Å². The number of halogens is 2. The van der Waals surface area contributed by atoms with Crippen LogP contribution in [0.3, 0.4) is 0 Å². The van der Waals surface area contributed by atoms with Crippen LogP contribution in [0.1, 0.15) is 25.3 Å². The smallest absolute Gasteiger partial charge is 0.0268 e. The Morgan fingerprint density at radius 3 is 2.00 bits per heavy atom. The molecule has 1 rings (SSSR count). The Morgan fingerprint density at radius 1 is 1.18 bits per heavy atom. The van der Waals surface area contributed by atoms with Crippen molar-refractivity contribution in [2.75, 3.05) is 0 Å². The van der Waals surface area contributed by atoms with Crippen molar-refractivity contribution >= 4 is 31.9 Å². The van der Waals surface area contributed by atoms with Gasteiger partial charge in [0.1, 0.15) is 0 Å². The van der Waals surface area contributed by atoms with Gasteiger partial charge >= 0.3 is 0 Å². The topological polar surface area (TPSA) is 0 Å². The van der Waals surface area contributed by atoms with E-state index in [-0.39, 0.29) is 0 Å². The SMILES string of the molecule is CC(C)c1cc(Br)[c]c(Br)c1. The third kappa shape index (κ3) is 2.60. The molecule has 0 unspecified atom stereocenters. The molecule has 0 N–H and O–H groups in total. The lowest BCUT2D eigenvalue weighted by Crippen LogP contribution is -1.86. The van der Waals surface area contributed by atoms with Gasteiger partial charge in [-0.25, -0.2) is 0 Å². The van der Waals surface area contributed by atoms with Gasteiger partial charge in [-0.05, 0) is 23.6 Å². The summed E-state index contributed by atoms with van der Waals surface area (Å²) < 4.78 is 2.02. The molecule has 11 heavy (non-hydrogen) atoms. The van der Waals surface area contributed by atoms with Gasteiger partial charge in [0, 0.05) is 15.0 Å². The number of hydrogen-bond donors (Lipinski definition) is 0. The summed E-state index contributed by atoms with van der Waals surface area (Å²) in [5, 5.41) is 0. The Kier molecular flexibility index (Phi) is 3.14. The van der Waals surface area contributed by atoms with Crippen LogP contribution in [0.2, 0.25) is 0 Å². The van der Waals surface area contributed by atoms with E-state index >= 15 is 0 Å². The van der Waals surface area contributed by atoms with E-state index in [1.807, 2.05) is 0 Å². The second kappa shape index (κ2) is 3.72. The van der Waals surface area contributed by atoms with Crippen LogP contribution >= 0.6 is 31.9 Å². The van der Waals surface area contributed by atoms with Crippen LogP contribution in [0.4, 0.5) is 0 Å². The van der Waals surface area contributed by atoms with E-state index in [9.17, 15) is 0 Å². The van der Waals surface area contributed by atoms with E-state index in [0.717, 1.165) is 8.95 Å². The van der Waals surface area contributed by atoms with Gasteiger partial charge in [0.25, 0.3) is 0 Å². The standard InChI is InChI=1S/C9H9Br2/c1-6(2)7-3-8(10)5-9(11)4-7/h3-4,6H,1-2H3. The highest BCUT2D eigenvalue weighted by Crippen LogP contribution is 2.23. The minimum absolute atomic E-state index is 0.567. The van der Waals surface area contributed by atoms with Crippen LogP contribution in [0.5, 0.6) is 0 Å². The summed E-state index contributed by atoms with van der Waals surface area (Å²) in [6.07, 6.45) is 0. The Labute approximate surface area is 84.3 Å². The maximum absolute atomic E-state index is 3.40. The van der Waals surface area contributed by atoms with Gasteiger partial charge in [-0.3, -0.25) is 0 Å². The Balaban J connectivity index is 3.08. The average molecular weight is 277 g/mol. The summed E-state index contributed by atoms with van der Waals surface area (Å²) in [6.45, 7) is 4.35. The van der Waals surface area contributed by atoms with Crippen molar-refractivity contribution in [2.24, 2.45) is 0 Å². The first kappa shape index (κ1) is 9.27. The number of rotatable bonds is 1. The molecule has 0 aliphatic rings. The fourth-order valence-electron chi connectivity index (χ4n) is 0.854. The lowest BCUT2D eigenvalue weighted by molar-refractivity contribution is 0.864. The van der Waals surface area contributed by atoms with Crippen molar-refractivity contribution < 1.29 is 0 Å². The molecule has 1 radical (unpaired) electrons. The Hall–Kier alpha value is 0.180. The molecule has 0 aromatic heterocycles. The van der Waals surface area contributed by atoms with Crippen molar-refractivity contribution in [2.45, 2.75) is 19.8 Å². The normalized spacial score (nSPS) is 10.6. The lowest BCUT2D eigenvalue weighted by Gasteiger charge is -2.05. The van der Waals surface area contributed by atoms with Gasteiger partial charge in [0.2, 0.25) is 0 Å². The van der Waals surface area contributed by atoms with Crippen molar-refractivity contribution in [1.82, 2.24) is 0 Å². The Bertz CT molecular complexity index is 233. The molecule has 2 heteroatoms. The first-order valence-electron chi connectivity index (χ1n) is 3.48. The lowest BCUT2D eigenvalue weighted by atomic mass is 10.0.